The van der Waals surface area contributed by atoms with Gasteiger partial charge in [0.05, 0.1) is 12.2 Å². The largest absolute Gasteiger partial charge is 0.330 e. The van der Waals surface area contributed by atoms with Crippen LogP contribution in [0.2, 0.25) is 0 Å². The highest BCUT2D eigenvalue weighted by Gasteiger charge is 2.29. The van der Waals surface area contributed by atoms with Crippen molar-refractivity contribution in [2.45, 2.75) is 25.9 Å². The van der Waals surface area contributed by atoms with Crippen molar-refractivity contribution in [2.75, 3.05) is 13.1 Å². The van der Waals surface area contributed by atoms with Gasteiger partial charge in [0.25, 0.3) is 0 Å². The van der Waals surface area contributed by atoms with Crippen LogP contribution in [-0.4, -0.2) is 44.2 Å². The fraction of sp³-hybridized carbons (Fsp3) is 0.500. The lowest BCUT2D eigenvalue weighted by Gasteiger charge is -2.20. The summed E-state index contributed by atoms with van der Waals surface area (Å²) in [6.45, 7) is 4.79. The molecule has 1 aromatic heterocycles. The summed E-state index contributed by atoms with van der Waals surface area (Å²) in [6, 6.07) is 10.5. The van der Waals surface area contributed by atoms with Gasteiger partial charge in [-0.05, 0) is 48.4 Å². The number of hydrogen-bond donors (Lipinski definition) is 1. The molecule has 0 bridgehead atoms. The maximum atomic E-state index is 5.78. The van der Waals surface area contributed by atoms with Crippen molar-refractivity contribution in [3.05, 3.63) is 36.2 Å². The van der Waals surface area contributed by atoms with Crippen molar-refractivity contribution in [3.8, 4) is 5.69 Å². The molecule has 1 aromatic carbocycles. The zero-order chi connectivity index (χ0) is 13.9. The van der Waals surface area contributed by atoms with E-state index in [1.165, 1.54) is 0 Å². The van der Waals surface area contributed by atoms with Gasteiger partial charge in [-0.2, -0.15) is 4.68 Å². The second kappa shape index (κ2) is 5.68. The van der Waals surface area contributed by atoms with E-state index < -0.39 is 0 Å². The van der Waals surface area contributed by atoms with Gasteiger partial charge >= 0.3 is 0 Å². The number of aromatic nitrogens is 4. The molecule has 3 rings (SSSR count). The van der Waals surface area contributed by atoms with Crippen LogP contribution < -0.4 is 5.73 Å². The van der Waals surface area contributed by atoms with Crippen molar-refractivity contribution >= 4 is 0 Å². The molecular formula is C14H20N6. The Labute approximate surface area is 118 Å². The van der Waals surface area contributed by atoms with Crippen LogP contribution in [0.3, 0.4) is 0 Å². The summed E-state index contributed by atoms with van der Waals surface area (Å²) in [5.74, 6) is 1.46. The third-order valence-corrected chi connectivity index (χ3v) is 4.00. The molecule has 0 amide bonds. The van der Waals surface area contributed by atoms with E-state index in [0.29, 0.717) is 12.0 Å². The zero-order valence-corrected chi connectivity index (χ0v) is 11.7. The fourth-order valence-corrected chi connectivity index (χ4v) is 2.86. The highest BCUT2D eigenvalue weighted by Crippen LogP contribution is 2.23. The normalized spacial score (nSPS) is 23.3. The molecule has 106 valence electrons. The molecule has 2 N–H and O–H groups in total. The van der Waals surface area contributed by atoms with E-state index >= 15 is 0 Å². The van der Waals surface area contributed by atoms with Crippen LogP contribution in [0.1, 0.15) is 19.2 Å². The third kappa shape index (κ3) is 2.57. The van der Waals surface area contributed by atoms with E-state index in [2.05, 4.69) is 27.3 Å². The van der Waals surface area contributed by atoms with Crippen LogP contribution in [0.5, 0.6) is 0 Å². The Morgan fingerprint density at radius 2 is 2.10 bits per heavy atom. The fourth-order valence-electron chi connectivity index (χ4n) is 2.86. The molecule has 1 saturated heterocycles. The Balaban J connectivity index is 1.78. The van der Waals surface area contributed by atoms with Gasteiger partial charge in [-0.15, -0.1) is 5.10 Å². The number of tetrazole rings is 1. The lowest BCUT2D eigenvalue weighted by Crippen LogP contribution is -2.28. The first-order valence-corrected chi connectivity index (χ1v) is 7.04. The number of benzene rings is 1. The van der Waals surface area contributed by atoms with Crippen molar-refractivity contribution in [2.24, 2.45) is 11.7 Å². The monoisotopic (exact) mass is 272 g/mol. The highest BCUT2D eigenvalue weighted by atomic mass is 15.5. The van der Waals surface area contributed by atoms with Crippen LogP contribution in [0.15, 0.2) is 30.3 Å². The van der Waals surface area contributed by atoms with Gasteiger partial charge in [0.1, 0.15) is 0 Å². The average molecular weight is 272 g/mol. The minimum atomic E-state index is 0.532. The Morgan fingerprint density at radius 3 is 2.80 bits per heavy atom. The molecule has 6 nitrogen and oxygen atoms in total. The first-order chi connectivity index (χ1) is 9.78. The van der Waals surface area contributed by atoms with Crippen molar-refractivity contribution in [1.29, 1.82) is 0 Å². The predicted octanol–water partition coefficient (Wildman–Crippen LogP) is 0.831. The Bertz CT molecular complexity index is 552. The molecule has 2 unspecified atom stereocenters. The van der Waals surface area contributed by atoms with Crippen molar-refractivity contribution < 1.29 is 0 Å². The third-order valence-electron chi connectivity index (χ3n) is 4.00. The van der Waals surface area contributed by atoms with Crippen LogP contribution in [0.25, 0.3) is 5.69 Å². The Kier molecular flexibility index (Phi) is 3.75. The van der Waals surface area contributed by atoms with Gasteiger partial charge in [-0.3, -0.25) is 4.90 Å². The quantitative estimate of drug-likeness (QED) is 0.892. The molecule has 2 heterocycles. The van der Waals surface area contributed by atoms with E-state index in [9.17, 15) is 0 Å². The topological polar surface area (TPSA) is 72.9 Å². The lowest BCUT2D eigenvalue weighted by molar-refractivity contribution is 0.247. The van der Waals surface area contributed by atoms with Crippen LogP contribution >= 0.6 is 0 Å². The molecule has 2 atom stereocenters. The second-order valence-corrected chi connectivity index (χ2v) is 5.46. The molecule has 1 aliphatic heterocycles. The van der Waals surface area contributed by atoms with Crippen LogP contribution in [0.4, 0.5) is 0 Å². The highest BCUT2D eigenvalue weighted by molar-refractivity contribution is 5.30. The Hall–Kier alpha value is -1.79. The molecule has 0 spiro atoms. The number of hydrogen-bond acceptors (Lipinski definition) is 5. The van der Waals surface area contributed by atoms with Gasteiger partial charge in [0.2, 0.25) is 0 Å². The van der Waals surface area contributed by atoms with E-state index in [1.54, 1.807) is 0 Å². The molecule has 20 heavy (non-hydrogen) atoms. The van der Waals surface area contributed by atoms with E-state index in [1.807, 2.05) is 35.0 Å². The molecule has 0 radical (unpaired) electrons. The number of likely N-dealkylation sites (tertiary alicyclic amines) is 1. The summed E-state index contributed by atoms with van der Waals surface area (Å²) in [4.78, 5) is 2.41. The molecule has 6 heteroatoms. The summed E-state index contributed by atoms with van der Waals surface area (Å²) in [5.41, 5.74) is 6.78. The standard InChI is InChI=1S/C14H20N6/c1-11-7-12(8-15)9-19(11)10-14-16-17-18-20(14)13-5-3-2-4-6-13/h2-6,11-12H,7-10,15H2,1H3. The first-order valence-electron chi connectivity index (χ1n) is 7.04. The number of nitrogens with zero attached hydrogens (tertiary/aromatic N) is 5. The van der Waals surface area contributed by atoms with Gasteiger partial charge < -0.3 is 5.73 Å². The Morgan fingerprint density at radius 1 is 1.30 bits per heavy atom. The van der Waals surface area contributed by atoms with Gasteiger partial charge in [-0.25, -0.2) is 0 Å². The second-order valence-electron chi connectivity index (χ2n) is 5.46. The summed E-state index contributed by atoms with van der Waals surface area (Å²) in [7, 11) is 0. The molecule has 0 aliphatic carbocycles. The maximum Gasteiger partial charge on any atom is 0.170 e. The van der Waals surface area contributed by atoms with Gasteiger partial charge in [0, 0.05) is 12.6 Å². The lowest BCUT2D eigenvalue weighted by atomic mass is 10.1. The van der Waals surface area contributed by atoms with E-state index in [0.717, 1.165) is 37.6 Å². The number of nitrogens with two attached hydrogens (primary N) is 1. The minimum absolute atomic E-state index is 0.532. The maximum absolute atomic E-state index is 5.78. The summed E-state index contributed by atoms with van der Waals surface area (Å²) in [6.07, 6.45) is 1.16. The first kappa shape index (κ1) is 13.2. The number of rotatable bonds is 4. The summed E-state index contributed by atoms with van der Waals surface area (Å²) < 4.78 is 1.81. The van der Waals surface area contributed by atoms with Crippen molar-refractivity contribution in [1.82, 2.24) is 25.1 Å². The molecular weight excluding hydrogens is 252 g/mol. The molecule has 0 saturated carbocycles. The van der Waals surface area contributed by atoms with E-state index in [-0.39, 0.29) is 0 Å². The SMILES string of the molecule is CC1CC(CN)CN1Cc1nnnn1-c1ccccc1. The summed E-state index contributed by atoms with van der Waals surface area (Å²) >= 11 is 0. The van der Waals surface area contributed by atoms with E-state index in [4.69, 9.17) is 5.73 Å². The molecule has 1 fully saturated rings. The average Bonchev–Trinajstić information content (AvgIpc) is 3.08. The number of para-hydroxylation sites is 1. The predicted molar refractivity (Wildman–Crippen MR) is 76.2 cm³/mol. The molecule has 2 aromatic rings. The van der Waals surface area contributed by atoms with Gasteiger partial charge in [-0.1, -0.05) is 18.2 Å². The van der Waals surface area contributed by atoms with Crippen LogP contribution in [0, 0.1) is 5.92 Å². The summed E-state index contributed by atoms with van der Waals surface area (Å²) in [5, 5.41) is 12.1. The zero-order valence-electron chi connectivity index (χ0n) is 11.7. The van der Waals surface area contributed by atoms with Gasteiger partial charge in [0.15, 0.2) is 5.82 Å². The van der Waals surface area contributed by atoms with Crippen LogP contribution in [-0.2, 0) is 6.54 Å². The molecule has 1 aliphatic rings. The smallest absolute Gasteiger partial charge is 0.170 e. The van der Waals surface area contributed by atoms with Crippen molar-refractivity contribution in [3.63, 3.8) is 0 Å². The minimum Gasteiger partial charge on any atom is -0.330 e.